The van der Waals surface area contributed by atoms with Crippen molar-refractivity contribution in [3.05, 3.63) is 29.8 Å². The second kappa shape index (κ2) is 6.90. The van der Waals surface area contributed by atoms with Gasteiger partial charge in [0.1, 0.15) is 0 Å². The molecule has 0 aromatic heterocycles. The molecule has 0 radical (unpaired) electrons. The molecule has 0 amide bonds. The van der Waals surface area contributed by atoms with Gasteiger partial charge in [0.05, 0.1) is 4.90 Å². The Labute approximate surface area is 128 Å². The second-order valence-corrected chi connectivity index (χ2v) is 7.83. The van der Waals surface area contributed by atoms with Crippen LogP contribution in [0.2, 0.25) is 0 Å². The van der Waals surface area contributed by atoms with Crippen molar-refractivity contribution in [1.29, 1.82) is 0 Å². The highest BCUT2D eigenvalue weighted by molar-refractivity contribution is 7.89. The van der Waals surface area contributed by atoms with E-state index in [9.17, 15) is 8.42 Å². The molecule has 1 aromatic carbocycles. The molecule has 0 unspecified atom stereocenters. The minimum absolute atomic E-state index is 0.162. The Morgan fingerprint density at radius 1 is 1.24 bits per heavy atom. The van der Waals surface area contributed by atoms with Crippen LogP contribution >= 0.6 is 0 Å². The van der Waals surface area contributed by atoms with Gasteiger partial charge in [-0.2, -0.15) is 0 Å². The quantitative estimate of drug-likeness (QED) is 0.814. The molecule has 0 aliphatic heterocycles. The zero-order valence-corrected chi connectivity index (χ0v) is 13.8. The van der Waals surface area contributed by atoms with Crippen molar-refractivity contribution in [2.45, 2.75) is 50.5 Å². The van der Waals surface area contributed by atoms with Crippen LogP contribution in [-0.2, 0) is 16.6 Å². The highest BCUT2D eigenvalue weighted by Crippen LogP contribution is 2.40. The van der Waals surface area contributed by atoms with E-state index < -0.39 is 10.0 Å². The summed E-state index contributed by atoms with van der Waals surface area (Å²) in [6, 6.07) is 7.13. The topological polar surface area (TPSA) is 58.2 Å². The van der Waals surface area contributed by atoms with E-state index in [1.807, 2.05) is 13.1 Å². The largest absolute Gasteiger partial charge is 0.316 e. The zero-order chi connectivity index (χ0) is 15.3. The molecule has 1 aliphatic carbocycles. The standard InChI is InChI=1S/C16H26N2O2S/c1-3-16(9-4-5-10-16)13-18-21(19,20)15-8-6-7-14(11-15)12-17-2/h6-8,11,17-18H,3-5,9-10,12-13H2,1-2H3. The first kappa shape index (κ1) is 16.5. The Balaban J connectivity index is 2.09. The Kier molecular flexibility index (Phi) is 5.41. The van der Waals surface area contributed by atoms with Crippen LogP contribution in [0.1, 0.15) is 44.6 Å². The minimum Gasteiger partial charge on any atom is -0.316 e. The molecule has 118 valence electrons. The molecular weight excluding hydrogens is 284 g/mol. The van der Waals surface area contributed by atoms with Crippen LogP contribution < -0.4 is 10.0 Å². The van der Waals surface area contributed by atoms with Crippen molar-refractivity contribution in [1.82, 2.24) is 10.0 Å². The van der Waals surface area contributed by atoms with Gasteiger partial charge in [0.2, 0.25) is 10.0 Å². The van der Waals surface area contributed by atoms with E-state index in [1.165, 1.54) is 12.8 Å². The molecule has 1 saturated carbocycles. The number of hydrogen-bond acceptors (Lipinski definition) is 3. The molecule has 1 aromatic rings. The molecule has 0 heterocycles. The number of hydrogen-bond donors (Lipinski definition) is 2. The summed E-state index contributed by atoms with van der Waals surface area (Å²) in [5, 5.41) is 3.04. The van der Waals surface area contributed by atoms with Gasteiger partial charge in [-0.25, -0.2) is 13.1 Å². The van der Waals surface area contributed by atoms with Gasteiger partial charge in [-0.05, 0) is 49.4 Å². The summed E-state index contributed by atoms with van der Waals surface area (Å²) >= 11 is 0. The first-order chi connectivity index (χ1) is 10.0. The maximum atomic E-state index is 12.5. The fraction of sp³-hybridized carbons (Fsp3) is 0.625. The summed E-state index contributed by atoms with van der Waals surface area (Å²) < 4.78 is 27.8. The number of benzene rings is 1. The number of rotatable bonds is 7. The van der Waals surface area contributed by atoms with E-state index >= 15 is 0 Å². The maximum absolute atomic E-state index is 12.5. The van der Waals surface area contributed by atoms with Crippen LogP contribution in [-0.4, -0.2) is 22.0 Å². The summed E-state index contributed by atoms with van der Waals surface area (Å²) in [4.78, 5) is 0.361. The van der Waals surface area contributed by atoms with E-state index in [-0.39, 0.29) is 5.41 Å². The van der Waals surface area contributed by atoms with Crippen molar-refractivity contribution < 1.29 is 8.42 Å². The van der Waals surface area contributed by atoms with Crippen molar-refractivity contribution in [2.24, 2.45) is 5.41 Å². The Bertz CT molecular complexity index is 563. The molecule has 2 N–H and O–H groups in total. The Morgan fingerprint density at radius 2 is 1.95 bits per heavy atom. The van der Waals surface area contributed by atoms with Crippen LogP contribution in [0.4, 0.5) is 0 Å². The van der Waals surface area contributed by atoms with E-state index in [4.69, 9.17) is 0 Å². The second-order valence-electron chi connectivity index (χ2n) is 6.06. The van der Waals surface area contributed by atoms with Gasteiger partial charge in [-0.1, -0.05) is 31.9 Å². The highest BCUT2D eigenvalue weighted by atomic mass is 32.2. The van der Waals surface area contributed by atoms with Crippen LogP contribution in [0.15, 0.2) is 29.2 Å². The summed E-state index contributed by atoms with van der Waals surface area (Å²) in [5.41, 5.74) is 1.14. The lowest BCUT2D eigenvalue weighted by molar-refractivity contribution is 0.285. The van der Waals surface area contributed by atoms with Gasteiger partial charge in [0.25, 0.3) is 0 Å². The van der Waals surface area contributed by atoms with Crippen molar-refractivity contribution in [3.8, 4) is 0 Å². The van der Waals surface area contributed by atoms with Crippen molar-refractivity contribution in [2.75, 3.05) is 13.6 Å². The molecule has 1 aliphatic rings. The zero-order valence-electron chi connectivity index (χ0n) is 13.0. The minimum atomic E-state index is -3.41. The Hall–Kier alpha value is -0.910. The predicted octanol–water partition coefficient (Wildman–Crippen LogP) is 2.65. The lowest BCUT2D eigenvalue weighted by atomic mass is 9.84. The van der Waals surface area contributed by atoms with Crippen LogP contribution in [0.25, 0.3) is 0 Å². The van der Waals surface area contributed by atoms with E-state index in [1.54, 1.807) is 18.2 Å². The van der Waals surface area contributed by atoms with Gasteiger partial charge in [0.15, 0.2) is 0 Å². The molecule has 0 spiro atoms. The Morgan fingerprint density at radius 3 is 2.57 bits per heavy atom. The van der Waals surface area contributed by atoms with Crippen molar-refractivity contribution in [3.63, 3.8) is 0 Å². The predicted molar refractivity (Wildman–Crippen MR) is 85.6 cm³/mol. The van der Waals surface area contributed by atoms with Crippen LogP contribution in [0, 0.1) is 5.41 Å². The molecule has 2 rings (SSSR count). The summed E-state index contributed by atoms with van der Waals surface area (Å²) in [5.74, 6) is 0. The summed E-state index contributed by atoms with van der Waals surface area (Å²) in [6.45, 7) is 3.39. The lowest BCUT2D eigenvalue weighted by Crippen LogP contribution is -2.35. The third-order valence-electron chi connectivity index (χ3n) is 4.64. The average molecular weight is 310 g/mol. The normalized spacial score (nSPS) is 18.0. The molecule has 0 saturated heterocycles. The van der Waals surface area contributed by atoms with Gasteiger partial charge in [0, 0.05) is 13.1 Å². The van der Waals surface area contributed by atoms with Crippen LogP contribution in [0.5, 0.6) is 0 Å². The summed E-state index contributed by atoms with van der Waals surface area (Å²) in [6.07, 6.45) is 5.73. The number of sulfonamides is 1. The molecule has 4 nitrogen and oxygen atoms in total. The molecule has 5 heteroatoms. The average Bonchev–Trinajstić information content (AvgIpc) is 2.96. The highest BCUT2D eigenvalue weighted by Gasteiger charge is 2.33. The fourth-order valence-corrected chi connectivity index (χ4v) is 4.37. The van der Waals surface area contributed by atoms with E-state index in [0.29, 0.717) is 18.0 Å². The van der Waals surface area contributed by atoms with Gasteiger partial charge >= 0.3 is 0 Å². The van der Waals surface area contributed by atoms with Gasteiger partial charge in [-0.3, -0.25) is 0 Å². The van der Waals surface area contributed by atoms with E-state index in [2.05, 4.69) is 17.0 Å². The molecule has 1 fully saturated rings. The monoisotopic (exact) mass is 310 g/mol. The third kappa shape index (κ3) is 4.05. The third-order valence-corrected chi connectivity index (χ3v) is 6.04. The first-order valence-electron chi connectivity index (χ1n) is 7.74. The van der Waals surface area contributed by atoms with Crippen LogP contribution in [0.3, 0.4) is 0 Å². The van der Waals surface area contributed by atoms with E-state index in [0.717, 1.165) is 24.8 Å². The molecule has 0 atom stereocenters. The van der Waals surface area contributed by atoms with Gasteiger partial charge in [-0.15, -0.1) is 0 Å². The molecule has 0 bridgehead atoms. The van der Waals surface area contributed by atoms with Gasteiger partial charge < -0.3 is 5.32 Å². The summed E-state index contributed by atoms with van der Waals surface area (Å²) in [7, 11) is -1.56. The number of nitrogens with one attached hydrogen (secondary N) is 2. The molecule has 21 heavy (non-hydrogen) atoms. The molecular formula is C16H26N2O2S. The van der Waals surface area contributed by atoms with Crippen molar-refractivity contribution >= 4 is 10.0 Å². The maximum Gasteiger partial charge on any atom is 0.240 e. The SMILES string of the molecule is CCC1(CNS(=O)(=O)c2cccc(CNC)c2)CCCC1. The fourth-order valence-electron chi connectivity index (χ4n) is 3.14. The first-order valence-corrected chi connectivity index (χ1v) is 9.23. The lowest BCUT2D eigenvalue weighted by Gasteiger charge is -2.27. The smallest absolute Gasteiger partial charge is 0.240 e.